The van der Waals surface area contributed by atoms with Crippen LogP contribution in [0, 0.1) is 6.92 Å². The van der Waals surface area contributed by atoms with Gasteiger partial charge in [0.25, 0.3) is 0 Å². The van der Waals surface area contributed by atoms with E-state index in [0.29, 0.717) is 12.4 Å². The number of anilines is 2. The molecular weight excluding hydrogens is 576 g/mol. The monoisotopic (exact) mass is 602 g/mol. The van der Waals surface area contributed by atoms with Gasteiger partial charge in [-0.1, -0.05) is 58.4 Å². The SMILES string of the molecule is CCOc1ccc(C2c3c(C)nn(-c4ccccc4)c3N=C3C(Nc4ccc(Br)cc4)=Nc4ccccc4N32)cc1. The van der Waals surface area contributed by atoms with Crippen molar-refractivity contribution in [2.24, 2.45) is 9.98 Å². The lowest BCUT2D eigenvalue weighted by molar-refractivity contribution is 0.340. The van der Waals surface area contributed by atoms with Gasteiger partial charge in [0.1, 0.15) is 5.75 Å². The number of halogens is 1. The van der Waals surface area contributed by atoms with Gasteiger partial charge in [0.05, 0.1) is 35.4 Å². The molecule has 0 saturated carbocycles. The Morgan fingerprint density at radius 3 is 2.34 bits per heavy atom. The van der Waals surface area contributed by atoms with Crippen LogP contribution >= 0.6 is 15.9 Å². The van der Waals surface area contributed by atoms with Crippen molar-refractivity contribution in [3.63, 3.8) is 0 Å². The maximum absolute atomic E-state index is 5.77. The van der Waals surface area contributed by atoms with Crippen molar-refractivity contribution >= 4 is 50.5 Å². The number of fused-ring (bicyclic) bond motifs is 4. The molecule has 7 rings (SSSR count). The first kappa shape index (κ1) is 25.3. The van der Waals surface area contributed by atoms with Gasteiger partial charge in [0, 0.05) is 15.7 Å². The van der Waals surface area contributed by atoms with E-state index in [2.05, 4.69) is 63.4 Å². The molecular formula is C33H27BrN6O. The summed E-state index contributed by atoms with van der Waals surface area (Å²) in [4.78, 5) is 12.6. The van der Waals surface area contributed by atoms with Crippen molar-refractivity contribution in [2.75, 3.05) is 16.8 Å². The molecule has 1 unspecified atom stereocenters. The fourth-order valence-corrected chi connectivity index (χ4v) is 5.71. The maximum Gasteiger partial charge on any atom is 0.179 e. The van der Waals surface area contributed by atoms with E-state index in [0.717, 1.165) is 61.4 Å². The van der Waals surface area contributed by atoms with Crippen LogP contribution in [0.3, 0.4) is 0 Å². The Balaban J connectivity index is 1.46. The summed E-state index contributed by atoms with van der Waals surface area (Å²) in [6.07, 6.45) is 0. The van der Waals surface area contributed by atoms with Gasteiger partial charge in [0.2, 0.25) is 0 Å². The third-order valence-corrected chi connectivity index (χ3v) is 7.78. The zero-order chi connectivity index (χ0) is 27.9. The Hall–Kier alpha value is -4.69. The number of benzene rings is 4. The molecule has 0 fully saturated rings. The quantitative estimate of drug-likeness (QED) is 0.220. The minimum atomic E-state index is -0.191. The normalized spacial score (nSPS) is 15.3. The van der Waals surface area contributed by atoms with E-state index in [9.17, 15) is 0 Å². The summed E-state index contributed by atoms with van der Waals surface area (Å²) in [6.45, 7) is 4.67. The molecule has 3 heterocycles. The molecule has 2 aliphatic heterocycles. The minimum Gasteiger partial charge on any atom is -0.494 e. The number of nitrogens with one attached hydrogen (secondary N) is 1. The number of amidine groups is 2. The predicted octanol–water partition coefficient (Wildman–Crippen LogP) is 8.14. The van der Waals surface area contributed by atoms with Crippen LogP contribution in [0.15, 0.2) is 118 Å². The molecule has 0 bridgehead atoms. The topological polar surface area (TPSA) is 67.0 Å². The van der Waals surface area contributed by atoms with Crippen LogP contribution in [-0.4, -0.2) is 28.1 Å². The van der Waals surface area contributed by atoms with Crippen LogP contribution in [0.2, 0.25) is 0 Å². The van der Waals surface area contributed by atoms with Crippen molar-refractivity contribution in [3.8, 4) is 11.4 Å². The average molecular weight is 604 g/mol. The molecule has 1 aromatic heterocycles. The van der Waals surface area contributed by atoms with Gasteiger partial charge in [0.15, 0.2) is 17.5 Å². The summed E-state index contributed by atoms with van der Waals surface area (Å²) >= 11 is 3.54. The van der Waals surface area contributed by atoms with E-state index in [4.69, 9.17) is 19.8 Å². The number of nitrogens with zero attached hydrogens (tertiary/aromatic N) is 5. The van der Waals surface area contributed by atoms with E-state index in [1.807, 2.05) is 84.4 Å². The van der Waals surface area contributed by atoms with Crippen LogP contribution in [0.25, 0.3) is 5.69 Å². The fraction of sp³-hybridized carbons (Fsp3) is 0.121. The first-order chi connectivity index (χ1) is 20.1. The highest BCUT2D eigenvalue weighted by atomic mass is 79.9. The van der Waals surface area contributed by atoms with Gasteiger partial charge in [-0.05, 0) is 80.1 Å². The van der Waals surface area contributed by atoms with E-state index < -0.39 is 0 Å². The minimum absolute atomic E-state index is 0.191. The van der Waals surface area contributed by atoms with Crippen molar-refractivity contribution in [3.05, 3.63) is 124 Å². The molecule has 5 aromatic rings. The molecule has 2 aliphatic rings. The molecule has 0 spiro atoms. The van der Waals surface area contributed by atoms with Crippen LogP contribution in [0.1, 0.15) is 29.8 Å². The Labute approximate surface area is 247 Å². The van der Waals surface area contributed by atoms with Crippen LogP contribution < -0.4 is 15.0 Å². The summed E-state index contributed by atoms with van der Waals surface area (Å²) < 4.78 is 8.72. The lowest BCUT2D eigenvalue weighted by atomic mass is 9.93. The van der Waals surface area contributed by atoms with Gasteiger partial charge in [-0.3, -0.25) is 0 Å². The molecule has 1 N–H and O–H groups in total. The number of hydrogen-bond donors (Lipinski definition) is 1. The van der Waals surface area contributed by atoms with Gasteiger partial charge >= 0.3 is 0 Å². The number of hydrogen-bond acceptors (Lipinski definition) is 6. The lowest BCUT2D eigenvalue weighted by Gasteiger charge is -2.40. The predicted molar refractivity (Wildman–Crippen MR) is 169 cm³/mol. The summed E-state index contributed by atoms with van der Waals surface area (Å²) in [6, 6.07) is 34.6. The molecule has 0 aliphatic carbocycles. The Bertz CT molecular complexity index is 1790. The molecule has 0 amide bonds. The van der Waals surface area contributed by atoms with E-state index in [1.54, 1.807) is 0 Å². The summed E-state index contributed by atoms with van der Waals surface area (Å²) in [5, 5.41) is 8.56. The third kappa shape index (κ3) is 4.50. The van der Waals surface area contributed by atoms with Crippen molar-refractivity contribution in [1.82, 2.24) is 9.78 Å². The summed E-state index contributed by atoms with van der Waals surface area (Å²) in [5.74, 6) is 3.04. The van der Waals surface area contributed by atoms with E-state index in [-0.39, 0.29) is 6.04 Å². The highest BCUT2D eigenvalue weighted by Gasteiger charge is 2.41. The first-order valence-corrected chi connectivity index (χ1v) is 14.4. The standard InChI is InChI=1S/C33H27BrN6O/c1-3-41-26-19-13-22(14-20-26)30-29-21(2)38-40(25-9-5-4-6-10-25)32(29)37-33-31(35-24-17-15-23(34)16-18-24)36-27-11-7-8-12-28(27)39(30)33/h4-20,30H,3H2,1-2H3,(H,35,36). The largest absolute Gasteiger partial charge is 0.494 e. The first-order valence-electron chi connectivity index (χ1n) is 13.6. The van der Waals surface area contributed by atoms with Gasteiger partial charge in [-0.25, -0.2) is 14.7 Å². The second-order valence-electron chi connectivity index (χ2n) is 9.86. The van der Waals surface area contributed by atoms with E-state index >= 15 is 0 Å². The third-order valence-electron chi connectivity index (χ3n) is 7.25. The number of para-hydroxylation sites is 3. The number of ether oxygens (including phenoxy) is 1. The second kappa shape index (κ2) is 10.4. The van der Waals surface area contributed by atoms with Crippen molar-refractivity contribution in [2.45, 2.75) is 19.9 Å². The van der Waals surface area contributed by atoms with Crippen molar-refractivity contribution in [1.29, 1.82) is 0 Å². The Kier molecular flexibility index (Phi) is 6.40. The highest BCUT2D eigenvalue weighted by Crippen LogP contribution is 2.48. The van der Waals surface area contributed by atoms with Gasteiger partial charge in [-0.2, -0.15) is 5.10 Å². The number of aromatic nitrogens is 2. The molecule has 0 saturated heterocycles. The molecule has 202 valence electrons. The second-order valence-corrected chi connectivity index (χ2v) is 10.8. The molecule has 8 heteroatoms. The molecule has 1 atom stereocenters. The molecule has 41 heavy (non-hydrogen) atoms. The van der Waals surface area contributed by atoms with Gasteiger partial charge in [-0.15, -0.1) is 0 Å². The number of aryl methyl sites for hydroxylation is 1. The molecule has 0 radical (unpaired) electrons. The molecule has 7 nitrogen and oxygen atoms in total. The summed E-state index contributed by atoms with van der Waals surface area (Å²) in [7, 11) is 0. The average Bonchev–Trinajstić information content (AvgIpc) is 3.34. The lowest BCUT2D eigenvalue weighted by Crippen LogP contribution is -2.46. The zero-order valence-electron chi connectivity index (χ0n) is 22.6. The fourth-order valence-electron chi connectivity index (χ4n) is 5.45. The van der Waals surface area contributed by atoms with Crippen LogP contribution in [0.5, 0.6) is 5.75 Å². The Morgan fingerprint density at radius 1 is 0.854 bits per heavy atom. The van der Waals surface area contributed by atoms with Gasteiger partial charge < -0.3 is 15.0 Å². The van der Waals surface area contributed by atoms with Crippen LogP contribution in [0.4, 0.5) is 22.9 Å². The van der Waals surface area contributed by atoms with Crippen LogP contribution in [-0.2, 0) is 0 Å². The Morgan fingerprint density at radius 2 is 1.59 bits per heavy atom. The highest BCUT2D eigenvalue weighted by molar-refractivity contribution is 9.10. The number of aliphatic imine (C=N–C) groups is 2. The maximum atomic E-state index is 5.77. The number of rotatable bonds is 5. The molecule has 4 aromatic carbocycles. The zero-order valence-corrected chi connectivity index (χ0v) is 24.2. The van der Waals surface area contributed by atoms with Crippen molar-refractivity contribution < 1.29 is 4.74 Å². The summed E-state index contributed by atoms with van der Waals surface area (Å²) in [5.41, 5.74) is 6.83. The van der Waals surface area contributed by atoms with E-state index in [1.165, 1.54) is 0 Å². The smallest absolute Gasteiger partial charge is 0.179 e.